The lowest BCUT2D eigenvalue weighted by Crippen LogP contribution is -2.05. The Morgan fingerprint density at radius 2 is 2.11 bits per heavy atom. The molecule has 0 fully saturated rings. The van der Waals surface area contributed by atoms with Crippen molar-refractivity contribution in [1.82, 2.24) is 10.2 Å². The van der Waals surface area contributed by atoms with Gasteiger partial charge in [-0.15, -0.1) is 11.8 Å². The van der Waals surface area contributed by atoms with Gasteiger partial charge in [-0.05, 0) is 36.6 Å². The van der Waals surface area contributed by atoms with Crippen molar-refractivity contribution in [3.8, 4) is 5.75 Å². The summed E-state index contributed by atoms with van der Waals surface area (Å²) in [5.41, 5.74) is 1.49. The Morgan fingerprint density at radius 1 is 1.26 bits per heavy atom. The van der Waals surface area contributed by atoms with Crippen molar-refractivity contribution in [3.63, 3.8) is 0 Å². The van der Waals surface area contributed by atoms with Crippen LogP contribution in [0.15, 0.2) is 40.0 Å². The molecule has 98 valence electrons. The zero-order valence-electron chi connectivity index (χ0n) is 10.7. The summed E-state index contributed by atoms with van der Waals surface area (Å²) in [4.78, 5) is 12.1. The van der Waals surface area contributed by atoms with Crippen LogP contribution in [0.4, 0.5) is 0 Å². The quantitative estimate of drug-likeness (QED) is 0.871. The Morgan fingerprint density at radius 3 is 2.74 bits per heavy atom. The van der Waals surface area contributed by atoms with E-state index in [4.69, 9.17) is 4.74 Å². The molecule has 5 heteroatoms. The fraction of sp³-hybridized carbons (Fsp3) is 0.143. The Labute approximate surface area is 115 Å². The van der Waals surface area contributed by atoms with Crippen LogP contribution in [0, 0.1) is 0 Å². The second-order valence-electron chi connectivity index (χ2n) is 3.76. The SMILES string of the molecule is COc1cccc(SC)c1/C=C/c1ccc(=O)[nH]n1. The maximum atomic E-state index is 10.9. The van der Waals surface area contributed by atoms with Gasteiger partial charge in [-0.25, -0.2) is 5.10 Å². The Balaban J connectivity index is 2.36. The third kappa shape index (κ3) is 3.26. The molecule has 4 nitrogen and oxygen atoms in total. The van der Waals surface area contributed by atoms with Crippen LogP contribution in [0.25, 0.3) is 12.2 Å². The lowest BCUT2D eigenvalue weighted by molar-refractivity contribution is 0.412. The molecule has 0 aliphatic carbocycles. The highest BCUT2D eigenvalue weighted by Crippen LogP contribution is 2.30. The van der Waals surface area contributed by atoms with Crippen LogP contribution in [0.1, 0.15) is 11.3 Å². The third-order valence-electron chi connectivity index (χ3n) is 2.59. The molecular formula is C14H14N2O2S. The molecule has 1 heterocycles. The standard InChI is InChI=1S/C14H14N2O2S/c1-18-12-4-3-5-13(19-2)11(12)8-6-10-7-9-14(17)16-15-10/h3-9H,1-2H3,(H,16,17)/b8-6+. The van der Waals surface area contributed by atoms with E-state index in [0.717, 1.165) is 16.2 Å². The van der Waals surface area contributed by atoms with Crippen molar-refractivity contribution in [2.24, 2.45) is 0 Å². The molecule has 0 spiro atoms. The van der Waals surface area contributed by atoms with E-state index >= 15 is 0 Å². The van der Waals surface area contributed by atoms with Crippen molar-refractivity contribution < 1.29 is 4.74 Å². The van der Waals surface area contributed by atoms with E-state index in [2.05, 4.69) is 10.2 Å². The van der Waals surface area contributed by atoms with Crippen molar-refractivity contribution >= 4 is 23.9 Å². The number of methoxy groups -OCH3 is 1. The zero-order valence-corrected chi connectivity index (χ0v) is 11.5. The number of hydrogen-bond acceptors (Lipinski definition) is 4. The van der Waals surface area contributed by atoms with Gasteiger partial charge in [-0.2, -0.15) is 5.10 Å². The second kappa shape index (κ2) is 6.24. The Kier molecular flexibility index (Phi) is 4.41. The largest absolute Gasteiger partial charge is 0.496 e. The van der Waals surface area contributed by atoms with E-state index in [1.807, 2.05) is 36.6 Å². The molecule has 0 bridgehead atoms. The lowest BCUT2D eigenvalue weighted by Gasteiger charge is -2.08. The molecule has 0 radical (unpaired) electrons. The summed E-state index contributed by atoms with van der Waals surface area (Å²) in [6.45, 7) is 0. The van der Waals surface area contributed by atoms with Crippen LogP contribution in [-0.4, -0.2) is 23.6 Å². The molecule has 1 aromatic heterocycles. The highest BCUT2D eigenvalue weighted by Gasteiger charge is 2.04. The summed E-state index contributed by atoms with van der Waals surface area (Å²) in [5, 5.41) is 6.33. The summed E-state index contributed by atoms with van der Waals surface area (Å²) < 4.78 is 5.35. The molecule has 0 aliphatic rings. The highest BCUT2D eigenvalue weighted by molar-refractivity contribution is 7.98. The van der Waals surface area contributed by atoms with Crippen LogP contribution in [0.3, 0.4) is 0 Å². The first-order valence-corrected chi connectivity index (χ1v) is 6.92. The number of ether oxygens (including phenoxy) is 1. The van der Waals surface area contributed by atoms with Gasteiger partial charge in [0.15, 0.2) is 0 Å². The number of aromatic amines is 1. The fourth-order valence-corrected chi connectivity index (χ4v) is 2.26. The van der Waals surface area contributed by atoms with Crippen molar-refractivity contribution in [3.05, 3.63) is 51.9 Å². The first kappa shape index (κ1) is 13.4. The van der Waals surface area contributed by atoms with Crippen LogP contribution in [-0.2, 0) is 0 Å². The van der Waals surface area contributed by atoms with E-state index in [-0.39, 0.29) is 5.56 Å². The summed E-state index contributed by atoms with van der Waals surface area (Å²) in [6.07, 6.45) is 5.79. The lowest BCUT2D eigenvalue weighted by atomic mass is 10.1. The molecule has 19 heavy (non-hydrogen) atoms. The number of thioether (sulfide) groups is 1. The third-order valence-corrected chi connectivity index (χ3v) is 3.38. The smallest absolute Gasteiger partial charge is 0.264 e. The van der Waals surface area contributed by atoms with Crippen molar-refractivity contribution in [2.75, 3.05) is 13.4 Å². The molecular weight excluding hydrogens is 260 g/mol. The summed E-state index contributed by atoms with van der Waals surface area (Å²) in [7, 11) is 1.65. The number of aromatic nitrogens is 2. The normalized spacial score (nSPS) is 10.8. The Bertz CT molecular complexity index is 607. The monoisotopic (exact) mass is 274 g/mol. The van der Waals surface area contributed by atoms with E-state index < -0.39 is 0 Å². The minimum absolute atomic E-state index is 0.209. The van der Waals surface area contributed by atoms with Gasteiger partial charge in [-0.3, -0.25) is 4.79 Å². The van der Waals surface area contributed by atoms with E-state index in [1.165, 1.54) is 6.07 Å². The number of H-pyrrole nitrogens is 1. The van der Waals surface area contributed by atoms with Gasteiger partial charge in [0.1, 0.15) is 5.75 Å². The summed E-state index contributed by atoms with van der Waals surface area (Å²) in [6, 6.07) is 9.03. The van der Waals surface area contributed by atoms with Gasteiger partial charge in [0, 0.05) is 16.5 Å². The molecule has 2 rings (SSSR count). The van der Waals surface area contributed by atoms with Gasteiger partial charge in [0.05, 0.1) is 12.8 Å². The second-order valence-corrected chi connectivity index (χ2v) is 4.60. The topological polar surface area (TPSA) is 55.0 Å². The van der Waals surface area contributed by atoms with Crippen LogP contribution < -0.4 is 10.3 Å². The molecule has 1 N–H and O–H groups in total. The maximum absolute atomic E-state index is 10.9. The van der Waals surface area contributed by atoms with Gasteiger partial charge in [0.25, 0.3) is 5.56 Å². The van der Waals surface area contributed by atoms with Gasteiger partial charge >= 0.3 is 0 Å². The average Bonchev–Trinajstić information content (AvgIpc) is 2.46. The maximum Gasteiger partial charge on any atom is 0.264 e. The average molecular weight is 274 g/mol. The first-order chi connectivity index (χ1) is 9.24. The molecule has 0 saturated heterocycles. The van der Waals surface area contributed by atoms with Crippen LogP contribution in [0.2, 0.25) is 0 Å². The molecule has 0 atom stereocenters. The Hall–Kier alpha value is -2.01. The summed E-state index contributed by atoms with van der Waals surface area (Å²) >= 11 is 1.65. The fourth-order valence-electron chi connectivity index (χ4n) is 1.66. The molecule has 0 saturated carbocycles. The van der Waals surface area contributed by atoms with E-state index in [9.17, 15) is 4.79 Å². The van der Waals surface area contributed by atoms with Crippen molar-refractivity contribution in [1.29, 1.82) is 0 Å². The molecule has 1 aromatic carbocycles. The van der Waals surface area contributed by atoms with E-state index in [0.29, 0.717) is 5.69 Å². The van der Waals surface area contributed by atoms with Gasteiger partial charge < -0.3 is 4.74 Å². The zero-order chi connectivity index (χ0) is 13.7. The number of hydrogen-bond donors (Lipinski definition) is 1. The predicted octanol–water partition coefficient (Wildman–Crippen LogP) is 2.67. The van der Waals surface area contributed by atoms with Gasteiger partial charge in [-0.1, -0.05) is 6.07 Å². The predicted molar refractivity (Wildman–Crippen MR) is 78.6 cm³/mol. The number of rotatable bonds is 4. The number of nitrogens with zero attached hydrogens (tertiary/aromatic N) is 1. The van der Waals surface area contributed by atoms with Crippen molar-refractivity contribution in [2.45, 2.75) is 4.90 Å². The molecule has 0 unspecified atom stereocenters. The van der Waals surface area contributed by atoms with Gasteiger partial charge in [0.2, 0.25) is 0 Å². The minimum atomic E-state index is -0.209. The molecule has 0 amide bonds. The first-order valence-electron chi connectivity index (χ1n) is 5.69. The highest BCUT2D eigenvalue weighted by atomic mass is 32.2. The minimum Gasteiger partial charge on any atom is -0.496 e. The van der Waals surface area contributed by atoms with E-state index in [1.54, 1.807) is 24.9 Å². The summed E-state index contributed by atoms with van der Waals surface area (Å²) in [5.74, 6) is 0.813. The van der Waals surface area contributed by atoms with Crippen LogP contribution >= 0.6 is 11.8 Å². The molecule has 2 aromatic rings. The van der Waals surface area contributed by atoms with Crippen LogP contribution in [0.5, 0.6) is 5.75 Å². The number of nitrogens with one attached hydrogen (secondary N) is 1. The number of benzene rings is 1. The molecule has 0 aliphatic heterocycles.